The van der Waals surface area contributed by atoms with Gasteiger partial charge in [-0.3, -0.25) is 0 Å². The van der Waals surface area contributed by atoms with Crippen LogP contribution in [0.4, 0.5) is 0 Å². The van der Waals surface area contributed by atoms with E-state index in [-0.39, 0.29) is 0 Å². The Balaban J connectivity index is 1.78. The SMILES string of the molecule is c1ccc(-c2ccc3c(C4CNCCN4)cccc3n2)cc1. The number of pyridine rings is 1. The highest BCUT2D eigenvalue weighted by molar-refractivity contribution is 5.85. The van der Waals surface area contributed by atoms with E-state index < -0.39 is 0 Å². The average Bonchev–Trinajstić information content (AvgIpc) is 2.62. The molecule has 3 nitrogen and oxygen atoms in total. The van der Waals surface area contributed by atoms with Crippen LogP contribution in [0, 0.1) is 0 Å². The van der Waals surface area contributed by atoms with Crippen LogP contribution >= 0.6 is 0 Å². The van der Waals surface area contributed by atoms with Crippen LogP contribution in [0.15, 0.2) is 60.7 Å². The molecule has 1 saturated heterocycles. The molecular weight excluding hydrogens is 270 g/mol. The summed E-state index contributed by atoms with van der Waals surface area (Å²) in [4.78, 5) is 4.85. The summed E-state index contributed by atoms with van der Waals surface area (Å²) in [5.41, 5.74) is 4.58. The largest absolute Gasteiger partial charge is 0.314 e. The summed E-state index contributed by atoms with van der Waals surface area (Å²) in [6.45, 7) is 3.02. The summed E-state index contributed by atoms with van der Waals surface area (Å²) in [7, 11) is 0. The second-order valence-corrected chi connectivity index (χ2v) is 5.69. The highest BCUT2D eigenvalue weighted by Crippen LogP contribution is 2.26. The molecule has 4 rings (SSSR count). The standard InChI is InChI=1S/C19H19N3/c1-2-5-14(6-3-1)17-10-9-16-15(7-4-8-18(16)22-17)19-13-20-11-12-21-19/h1-10,19-21H,11-13H2. The van der Waals surface area contributed by atoms with Gasteiger partial charge in [-0.05, 0) is 17.7 Å². The number of piperazine rings is 1. The molecule has 2 aromatic carbocycles. The first kappa shape index (κ1) is 13.4. The molecule has 0 aliphatic carbocycles. The van der Waals surface area contributed by atoms with Crippen LogP contribution in [0.5, 0.6) is 0 Å². The van der Waals surface area contributed by atoms with Crippen molar-refractivity contribution in [2.75, 3.05) is 19.6 Å². The minimum atomic E-state index is 0.363. The molecule has 1 fully saturated rings. The zero-order valence-electron chi connectivity index (χ0n) is 12.4. The molecule has 22 heavy (non-hydrogen) atoms. The predicted octanol–water partition coefficient (Wildman–Crippen LogP) is 3.14. The molecule has 1 atom stereocenters. The fraction of sp³-hybridized carbons (Fsp3) is 0.211. The highest BCUT2D eigenvalue weighted by Gasteiger charge is 2.16. The maximum absolute atomic E-state index is 4.85. The van der Waals surface area contributed by atoms with Gasteiger partial charge in [-0.1, -0.05) is 48.5 Å². The van der Waals surface area contributed by atoms with Crippen molar-refractivity contribution < 1.29 is 0 Å². The molecular formula is C19H19N3. The number of aromatic nitrogens is 1. The van der Waals surface area contributed by atoms with Crippen LogP contribution < -0.4 is 10.6 Å². The third-order valence-corrected chi connectivity index (χ3v) is 4.25. The van der Waals surface area contributed by atoms with Crippen LogP contribution in [0.25, 0.3) is 22.2 Å². The molecule has 2 N–H and O–H groups in total. The molecule has 0 amide bonds. The minimum absolute atomic E-state index is 0.363. The van der Waals surface area contributed by atoms with Gasteiger partial charge in [-0.2, -0.15) is 0 Å². The van der Waals surface area contributed by atoms with Gasteiger partial charge in [-0.25, -0.2) is 4.98 Å². The van der Waals surface area contributed by atoms with Crippen molar-refractivity contribution >= 4 is 10.9 Å². The van der Waals surface area contributed by atoms with E-state index in [0.29, 0.717) is 6.04 Å². The fourth-order valence-electron chi connectivity index (χ4n) is 3.13. The second-order valence-electron chi connectivity index (χ2n) is 5.69. The summed E-state index contributed by atoms with van der Waals surface area (Å²) in [5.74, 6) is 0. The number of nitrogens with one attached hydrogen (secondary N) is 2. The molecule has 2 heterocycles. The molecule has 1 aliphatic rings. The van der Waals surface area contributed by atoms with E-state index in [9.17, 15) is 0 Å². The van der Waals surface area contributed by atoms with Crippen molar-refractivity contribution in [1.29, 1.82) is 0 Å². The van der Waals surface area contributed by atoms with E-state index >= 15 is 0 Å². The van der Waals surface area contributed by atoms with Crippen LogP contribution in [-0.4, -0.2) is 24.6 Å². The topological polar surface area (TPSA) is 37.0 Å². The van der Waals surface area contributed by atoms with Gasteiger partial charge in [0.05, 0.1) is 11.2 Å². The lowest BCUT2D eigenvalue weighted by Crippen LogP contribution is -2.42. The van der Waals surface area contributed by atoms with E-state index in [0.717, 1.165) is 36.4 Å². The maximum Gasteiger partial charge on any atom is 0.0712 e. The van der Waals surface area contributed by atoms with Crippen LogP contribution in [0.2, 0.25) is 0 Å². The van der Waals surface area contributed by atoms with E-state index in [1.165, 1.54) is 10.9 Å². The quantitative estimate of drug-likeness (QED) is 0.761. The van der Waals surface area contributed by atoms with Crippen molar-refractivity contribution in [3.8, 4) is 11.3 Å². The summed E-state index contributed by atoms with van der Waals surface area (Å²) < 4.78 is 0. The monoisotopic (exact) mass is 289 g/mol. The number of nitrogens with zero attached hydrogens (tertiary/aromatic N) is 1. The lowest BCUT2D eigenvalue weighted by Gasteiger charge is -2.25. The Morgan fingerprint density at radius 2 is 1.77 bits per heavy atom. The zero-order valence-corrected chi connectivity index (χ0v) is 12.4. The average molecular weight is 289 g/mol. The van der Waals surface area contributed by atoms with Gasteiger partial charge in [0.1, 0.15) is 0 Å². The first-order valence-electron chi connectivity index (χ1n) is 7.81. The number of rotatable bonds is 2. The Morgan fingerprint density at radius 1 is 0.864 bits per heavy atom. The highest BCUT2D eigenvalue weighted by atomic mass is 15.1. The van der Waals surface area contributed by atoms with E-state index in [4.69, 9.17) is 4.98 Å². The Kier molecular flexibility index (Phi) is 3.59. The molecule has 3 aromatic rings. The molecule has 1 aliphatic heterocycles. The summed E-state index contributed by atoms with van der Waals surface area (Å²) in [6, 6.07) is 21.4. The third kappa shape index (κ3) is 2.49. The van der Waals surface area contributed by atoms with E-state index in [1.807, 2.05) is 6.07 Å². The number of hydrogen-bond donors (Lipinski definition) is 2. The van der Waals surface area contributed by atoms with Crippen LogP contribution in [0.1, 0.15) is 11.6 Å². The Labute approximate surface area is 130 Å². The molecule has 0 spiro atoms. The van der Waals surface area contributed by atoms with E-state index in [2.05, 4.69) is 65.2 Å². The van der Waals surface area contributed by atoms with Crippen molar-refractivity contribution in [3.05, 3.63) is 66.2 Å². The zero-order chi connectivity index (χ0) is 14.8. The molecule has 1 unspecified atom stereocenters. The summed E-state index contributed by atoms with van der Waals surface area (Å²) >= 11 is 0. The Morgan fingerprint density at radius 3 is 2.59 bits per heavy atom. The molecule has 1 aromatic heterocycles. The normalized spacial score (nSPS) is 18.5. The third-order valence-electron chi connectivity index (χ3n) is 4.25. The lowest BCUT2D eigenvalue weighted by molar-refractivity contribution is 0.432. The van der Waals surface area contributed by atoms with Gasteiger partial charge in [0.2, 0.25) is 0 Å². The van der Waals surface area contributed by atoms with Gasteiger partial charge >= 0.3 is 0 Å². The first-order chi connectivity index (χ1) is 10.9. The fourth-order valence-corrected chi connectivity index (χ4v) is 3.13. The minimum Gasteiger partial charge on any atom is -0.314 e. The van der Waals surface area contributed by atoms with Crippen LogP contribution in [-0.2, 0) is 0 Å². The first-order valence-corrected chi connectivity index (χ1v) is 7.81. The lowest BCUT2D eigenvalue weighted by atomic mass is 9.99. The molecule has 3 heteroatoms. The predicted molar refractivity (Wildman–Crippen MR) is 90.8 cm³/mol. The number of fused-ring (bicyclic) bond motifs is 1. The van der Waals surface area contributed by atoms with Gasteiger partial charge in [0.25, 0.3) is 0 Å². The van der Waals surface area contributed by atoms with Crippen molar-refractivity contribution in [2.45, 2.75) is 6.04 Å². The maximum atomic E-state index is 4.85. The van der Waals surface area contributed by atoms with Crippen molar-refractivity contribution in [2.24, 2.45) is 0 Å². The van der Waals surface area contributed by atoms with Crippen molar-refractivity contribution in [3.63, 3.8) is 0 Å². The van der Waals surface area contributed by atoms with Gasteiger partial charge in [-0.15, -0.1) is 0 Å². The summed E-state index contributed by atoms with van der Waals surface area (Å²) in [5, 5.41) is 8.28. The molecule has 0 bridgehead atoms. The van der Waals surface area contributed by atoms with Crippen molar-refractivity contribution in [1.82, 2.24) is 15.6 Å². The number of hydrogen-bond acceptors (Lipinski definition) is 3. The van der Waals surface area contributed by atoms with Crippen LogP contribution in [0.3, 0.4) is 0 Å². The molecule has 110 valence electrons. The second kappa shape index (κ2) is 5.87. The van der Waals surface area contributed by atoms with Gasteiger partial charge < -0.3 is 10.6 Å². The Hall–Kier alpha value is -2.23. The molecule has 0 radical (unpaired) electrons. The van der Waals surface area contributed by atoms with Gasteiger partial charge in [0.15, 0.2) is 0 Å². The number of benzene rings is 2. The van der Waals surface area contributed by atoms with E-state index in [1.54, 1.807) is 0 Å². The van der Waals surface area contributed by atoms with Gasteiger partial charge in [0, 0.05) is 36.6 Å². The summed E-state index contributed by atoms with van der Waals surface area (Å²) in [6.07, 6.45) is 0. The molecule has 0 saturated carbocycles. The smallest absolute Gasteiger partial charge is 0.0712 e. The Bertz CT molecular complexity index is 777.